The summed E-state index contributed by atoms with van der Waals surface area (Å²) >= 11 is 0. The van der Waals surface area contributed by atoms with E-state index in [9.17, 15) is 41.4 Å². The number of anilines is 1. The van der Waals surface area contributed by atoms with Gasteiger partial charge in [0.1, 0.15) is 18.1 Å². The number of nitrogens with one attached hydrogen (secondary N) is 1. The number of carbonyl (C=O) groups excluding carboxylic acids is 1. The zero-order chi connectivity index (χ0) is 27.3. The first-order valence-electron chi connectivity index (χ1n) is 10.4. The van der Waals surface area contributed by atoms with E-state index in [1.807, 2.05) is 0 Å². The molecule has 0 aliphatic rings. The summed E-state index contributed by atoms with van der Waals surface area (Å²) in [5.74, 6) is -3.92. The highest BCUT2D eigenvalue weighted by Crippen LogP contribution is 2.24. The molecule has 0 saturated heterocycles. The molecule has 0 fully saturated rings. The van der Waals surface area contributed by atoms with E-state index in [0.29, 0.717) is 0 Å². The summed E-state index contributed by atoms with van der Waals surface area (Å²) < 4.78 is 71.3. The molecule has 196 valence electrons. The Kier molecular flexibility index (Phi) is 8.09. The van der Waals surface area contributed by atoms with Crippen LogP contribution in [-0.2, 0) is 14.6 Å². The Morgan fingerprint density at radius 1 is 0.865 bits per heavy atom. The van der Waals surface area contributed by atoms with Crippen LogP contribution in [0.2, 0.25) is 0 Å². The maximum Gasteiger partial charge on any atom is 0.573 e. The fourth-order valence-corrected chi connectivity index (χ4v) is 4.59. The van der Waals surface area contributed by atoms with Crippen LogP contribution in [0.1, 0.15) is 10.4 Å². The Balaban J connectivity index is 1.67. The summed E-state index contributed by atoms with van der Waals surface area (Å²) in [7, 11) is -4.31. The lowest BCUT2D eigenvalue weighted by atomic mass is 10.1. The summed E-state index contributed by atoms with van der Waals surface area (Å²) in [6.45, 7) is -0.827. The number of hydrogen-bond donors (Lipinski definition) is 3. The van der Waals surface area contributed by atoms with Gasteiger partial charge in [-0.3, -0.25) is 4.79 Å². The Morgan fingerprint density at radius 2 is 1.46 bits per heavy atom. The van der Waals surface area contributed by atoms with Crippen molar-refractivity contribution < 1.29 is 50.9 Å². The van der Waals surface area contributed by atoms with Gasteiger partial charge in [0.15, 0.2) is 9.84 Å². The van der Waals surface area contributed by atoms with Gasteiger partial charge < -0.3 is 25.0 Å². The van der Waals surface area contributed by atoms with Crippen molar-refractivity contribution in [1.82, 2.24) is 0 Å². The molecule has 3 aromatic rings. The standard InChI is InChI=1S/C24H20F3NO8S/c25-24(26,27)36-19-10-6-16(7-11-19)21(29)28-17-8-12-20(13-9-17)37(33,34)15-23(32,22(30)31)14-35-18-4-2-1-3-5-18/h1-13,32H,14-15H2,(H,28,29)(H,30,31). The van der Waals surface area contributed by atoms with E-state index in [-0.39, 0.29) is 21.9 Å². The fraction of sp³-hybridized carbons (Fsp3) is 0.167. The molecule has 0 radical (unpaired) electrons. The predicted molar refractivity (Wildman–Crippen MR) is 124 cm³/mol. The van der Waals surface area contributed by atoms with Crippen LogP contribution in [0.5, 0.6) is 11.5 Å². The number of alkyl halides is 3. The number of amides is 1. The smallest absolute Gasteiger partial charge is 0.490 e. The van der Waals surface area contributed by atoms with Crippen LogP contribution in [-0.4, -0.2) is 54.8 Å². The molecule has 0 bridgehead atoms. The molecule has 13 heteroatoms. The number of carboxylic acid groups (broad SMARTS) is 1. The van der Waals surface area contributed by atoms with Crippen LogP contribution >= 0.6 is 0 Å². The van der Waals surface area contributed by atoms with Gasteiger partial charge in [0.2, 0.25) is 5.60 Å². The highest BCUT2D eigenvalue weighted by Gasteiger charge is 2.42. The Bertz CT molecular complexity index is 1350. The number of aliphatic hydroxyl groups is 1. The van der Waals surface area contributed by atoms with Crippen molar-refractivity contribution in [2.45, 2.75) is 16.9 Å². The van der Waals surface area contributed by atoms with Crippen LogP contribution in [0.15, 0.2) is 83.8 Å². The number of sulfone groups is 1. The van der Waals surface area contributed by atoms with E-state index in [1.165, 1.54) is 24.3 Å². The molecule has 0 saturated carbocycles. The van der Waals surface area contributed by atoms with Crippen molar-refractivity contribution in [2.75, 3.05) is 17.7 Å². The van der Waals surface area contributed by atoms with Crippen LogP contribution in [0.4, 0.5) is 18.9 Å². The lowest BCUT2D eigenvalue weighted by Gasteiger charge is -2.23. The molecular formula is C24H20F3NO8S. The molecule has 0 aromatic heterocycles. The summed E-state index contributed by atoms with van der Waals surface area (Å²) in [6, 6.07) is 16.7. The number of carbonyl (C=O) groups is 2. The number of para-hydroxylation sites is 1. The van der Waals surface area contributed by atoms with Crippen LogP contribution in [0.3, 0.4) is 0 Å². The highest BCUT2D eigenvalue weighted by atomic mass is 32.2. The monoisotopic (exact) mass is 539 g/mol. The zero-order valence-electron chi connectivity index (χ0n) is 18.8. The number of aliphatic carboxylic acids is 1. The van der Waals surface area contributed by atoms with Gasteiger partial charge in [-0.05, 0) is 60.7 Å². The van der Waals surface area contributed by atoms with Crippen LogP contribution < -0.4 is 14.8 Å². The van der Waals surface area contributed by atoms with Gasteiger partial charge in [-0.15, -0.1) is 13.2 Å². The SMILES string of the molecule is O=C(Nc1ccc(S(=O)(=O)CC(O)(COc2ccccc2)C(=O)O)cc1)c1ccc(OC(F)(F)F)cc1. The summed E-state index contributed by atoms with van der Waals surface area (Å²) in [5, 5.41) is 22.4. The van der Waals surface area contributed by atoms with Gasteiger partial charge in [0, 0.05) is 11.3 Å². The van der Waals surface area contributed by atoms with Crippen LogP contribution in [0.25, 0.3) is 0 Å². The average molecular weight is 539 g/mol. The van der Waals surface area contributed by atoms with Crippen LogP contribution in [0, 0.1) is 0 Å². The normalized spacial score (nSPS) is 13.3. The van der Waals surface area contributed by atoms with E-state index >= 15 is 0 Å². The summed E-state index contributed by atoms with van der Waals surface area (Å²) in [6.07, 6.45) is -4.87. The molecule has 3 rings (SSSR count). The van der Waals surface area contributed by atoms with Gasteiger partial charge in [0.25, 0.3) is 5.91 Å². The van der Waals surface area contributed by atoms with E-state index in [0.717, 1.165) is 36.4 Å². The number of hydrogen-bond acceptors (Lipinski definition) is 7. The maximum absolute atomic E-state index is 12.8. The van der Waals surface area contributed by atoms with Crippen molar-refractivity contribution in [2.24, 2.45) is 0 Å². The fourth-order valence-electron chi connectivity index (χ4n) is 3.04. The average Bonchev–Trinajstić information content (AvgIpc) is 2.83. The van der Waals surface area contributed by atoms with E-state index in [4.69, 9.17) is 4.74 Å². The van der Waals surface area contributed by atoms with E-state index < -0.39 is 51.8 Å². The van der Waals surface area contributed by atoms with Crippen molar-refractivity contribution in [1.29, 1.82) is 0 Å². The third-order valence-corrected chi connectivity index (χ3v) is 6.72. The molecule has 37 heavy (non-hydrogen) atoms. The highest BCUT2D eigenvalue weighted by molar-refractivity contribution is 7.91. The van der Waals surface area contributed by atoms with Gasteiger partial charge in [-0.1, -0.05) is 18.2 Å². The predicted octanol–water partition coefficient (Wildman–Crippen LogP) is 3.51. The van der Waals surface area contributed by atoms with Crippen molar-refractivity contribution in [3.8, 4) is 11.5 Å². The van der Waals surface area contributed by atoms with E-state index in [2.05, 4.69) is 10.1 Å². The molecule has 1 atom stereocenters. The third-order valence-electron chi connectivity index (χ3n) is 4.87. The molecule has 3 aromatic carbocycles. The largest absolute Gasteiger partial charge is 0.573 e. The number of carboxylic acids is 1. The van der Waals surface area contributed by atoms with Crippen molar-refractivity contribution in [3.05, 3.63) is 84.4 Å². The number of halogens is 3. The Morgan fingerprint density at radius 3 is 2.00 bits per heavy atom. The molecule has 0 heterocycles. The Hall–Kier alpha value is -4.10. The molecule has 9 nitrogen and oxygen atoms in total. The molecular weight excluding hydrogens is 519 g/mol. The molecule has 1 amide bonds. The molecule has 0 aliphatic heterocycles. The van der Waals surface area contributed by atoms with Gasteiger partial charge in [-0.25, -0.2) is 13.2 Å². The van der Waals surface area contributed by atoms with Gasteiger partial charge in [-0.2, -0.15) is 0 Å². The minimum atomic E-state index is -4.87. The maximum atomic E-state index is 12.8. The molecule has 0 aliphatic carbocycles. The lowest BCUT2D eigenvalue weighted by Crippen LogP contribution is -2.50. The summed E-state index contributed by atoms with van der Waals surface area (Å²) in [5.41, 5.74) is -2.58. The van der Waals surface area contributed by atoms with Gasteiger partial charge >= 0.3 is 12.3 Å². The minimum Gasteiger partial charge on any atom is -0.490 e. The second-order valence-electron chi connectivity index (χ2n) is 7.75. The topological polar surface area (TPSA) is 139 Å². The van der Waals surface area contributed by atoms with Gasteiger partial charge in [0.05, 0.1) is 10.6 Å². The first-order valence-corrected chi connectivity index (χ1v) is 12.1. The zero-order valence-corrected chi connectivity index (χ0v) is 19.6. The number of rotatable bonds is 10. The minimum absolute atomic E-state index is 0.0103. The first kappa shape index (κ1) is 27.5. The lowest BCUT2D eigenvalue weighted by molar-refractivity contribution is -0.274. The third kappa shape index (κ3) is 7.69. The van der Waals surface area contributed by atoms with Crippen molar-refractivity contribution >= 4 is 27.4 Å². The molecule has 0 spiro atoms. The molecule has 3 N–H and O–H groups in total. The Labute approximate surface area is 209 Å². The number of benzene rings is 3. The first-order chi connectivity index (χ1) is 17.3. The summed E-state index contributed by atoms with van der Waals surface area (Å²) in [4.78, 5) is 23.7. The second kappa shape index (κ2) is 10.9. The number of ether oxygens (including phenoxy) is 2. The quantitative estimate of drug-likeness (QED) is 0.356. The second-order valence-corrected chi connectivity index (χ2v) is 9.74. The van der Waals surface area contributed by atoms with E-state index in [1.54, 1.807) is 18.2 Å². The molecule has 1 unspecified atom stereocenters. The van der Waals surface area contributed by atoms with Crippen molar-refractivity contribution in [3.63, 3.8) is 0 Å².